The second-order valence-corrected chi connectivity index (χ2v) is 8.83. The monoisotopic (exact) mass is 364 g/mol. The minimum absolute atomic E-state index is 0.236. The molecule has 0 unspecified atom stereocenters. The molecule has 1 aromatic carbocycles. The SMILES string of the molecule is Cc1nn(-c2nc3ccccc3s2)c(C)c1S(=O)(=O)NCC(C)C. The number of sulfonamides is 1. The number of nitrogens with one attached hydrogen (secondary N) is 1. The molecule has 128 valence electrons. The van der Waals surface area contributed by atoms with E-state index in [9.17, 15) is 8.42 Å². The predicted molar refractivity (Wildman–Crippen MR) is 96.2 cm³/mol. The Morgan fingerprint density at radius 3 is 2.62 bits per heavy atom. The Morgan fingerprint density at radius 1 is 1.25 bits per heavy atom. The maximum Gasteiger partial charge on any atom is 0.244 e. The third kappa shape index (κ3) is 3.09. The summed E-state index contributed by atoms with van der Waals surface area (Å²) in [4.78, 5) is 4.80. The highest BCUT2D eigenvalue weighted by Crippen LogP contribution is 2.28. The quantitative estimate of drug-likeness (QED) is 0.755. The van der Waals surface area contributed by atoms with Crippen LogP contribution in [0.25, 0.3) is 15.3 Å². The van der Waals surface area contributed by atoms with Crippen molar-refractivity contribution in [1.29, 1.82) is 0 Å². The average molecular weight is 364 g/mol. The highest BCUT2D eigenvalue weighted by Gasteiger charge is 2.26. The molecule has 0 atom stereocenters. The summed E-state index contributed by atoms with van der Waals surface area (Å²) in [6.07, 6.45) is 0. The fourth-order valence-electron chi connectivity index (χ4n) is 2.50. The van der Waals surface area contributed by atoms with E-state index in [1.807, 2.05) is 38.1 Å². The largest absolute Gasteiger partial charge is 0.244 e. The molecule has 0 saturated heterocycles. The fraction of sp³-hybridized carbons (Fsp3) is 0.375. The number of para-hydroxylation sites is 1. The van der Waals surface area contributed by atoms with E-state index in [0.29, 0.717) is 23.1 Å². The predicted octanol–water partition coefficient (Wildman–Crippen LogP) is 3.03. The van der Waals surface area contributed by atoms with Gasteiger partial charge in [0.25, 0.3) is 0 Å². The molecule has 0 amide bonds. The van der Waals surface area contributed by atoms with Crippen molar-refractivity contribution in [3.63, 3.8) is 0 Å². The minimum Gasteiger partial charge on any atom is -0.218 e. The second-order valence-electron chi connectivity index (χ2n) is 6.12. The summed E-state index contributed by atoms with van der Waals surface area (Å²) in [6, 6.07) is 7.81. The molecule has 0 saturated carbocycles. The highest BCUT2D eigenvalue weighted by atomic mass is 32.2. The highest BCUT2D eigenvalue weighted by molar-refractivity contribution is 7.89. The maximum absolute atomic E-state index is 12.6. The van der Waals surface area contributed by atoms with Crippen LogP contribution >= 0.6 is 11.3 Å². The summed E-state index contributed by atoms with van der Waals surface area (Å²) < 4.78 is 30.5. The lowest BCUT2D eigenvalue weighted by Crippen LogP contribution is -2.28. The van der Waals surface area contributed by atoms with Crippen LogP contribution in [0.1, 0.15) is 25.2 Å². The van der Waals surface area contributed by atoms with Gasteiger partial charge in [0.05, 0.1) is 21.6 Å². The molecule has 0 aliphatic rings. The summed E-state index contributed by atoms with van der Waals surface area (Å²) in [5, 5.41) is 5.08. The molecule has 0 bridgehead atoms. The minimum atomic E-state index is -3.59. The van der Waals surface area contributed by atoms with Crippen molar-refractivity contribution in [2.45, 2.75) is 32.6 Å². The van der Waals surface area contributed by atoms with Crippen LogP contribution in [-0.2, 0) is 10.0 Å². The topological polar surface area (TPSA) is 76.9 Å². The lowest BCUT2D eigenvalue weighted by molar-refractivity contribution is 0.559. The van der Waals surface area contributed by atoms with Gasteiger partial charge in [0, 0.05) is 6.54 Å². The van der Waals surface area contributed by atoms with Crippen LogP contribution in [0, 0.1) is 19.8 Å². The molecule has 2 heterocycles. The number of aryl methyl sites for hydroxylation is 1. The third-order valence-corrected chi connectivity index (χ3v) is 6.33. The summed E-state index contributed by atoms with van der Waals surface area (Å²) >= 11 is 1.49. The molecule has 0 spiro atoms. The van der Waals surface area contributed by atoms with Crippen LogP contribution < -0.4 is 4.72 Å². The van der Waals surface area contributed by atoms with Gasteiger partial charge in [-0.2, -0.15) is 5.10 Å². The van der Waals surface area contributed by atoms with Crippen LogP contribution in [0.15, 0.2) is 29.2 Å². The molecular weight excluding hydrogens is 344 g/mol. The van der Waals surface area contributed by atoms with Crippen molar-refractivity contribution in [1.82, 2.24) is 19.5 Å². The van der Waals surface area contributed by atoms with Crippen LogP contribution in [0.3, 0.4) is 0 Å². The first kappa shape index (κ1) is 17.1. The zero-order valence-electron chi connectivity index (χ0n) is 14.1. The van der Waals surface area contributed by atoms with Crippen molar-refractivity contribution >= 4 is 31.6 Å². The molecule has 2 aromatic heterocycles. The molecule has 8 heteroatoms. The van der Waals surface area contributed by atoms with Crippen molar-refractivity contribution in [2.75, 3.05) is 6.54 Å². The number of thiazole rings is 1. The van der Waals surface area contributed by atoms with Gasteiger partial charge in [0.1, 0.15) is 4.90 Å². The van der Waals surface area contributed by atoms with Crippen LogP contribution in [-0.4, -0.2) is 29.7 Å². The van der Waals surface area contributed by atoms with E-state index < -0.39 is 10.0 Å². The van der Waals surface area contributed by atoms with Gasteiger partial charge in [-0.3, -0.25) is 0 Å². The smallest absolute Gasteiger partial charge is 0.218 e. The first-order chi connectivity index (χ1) is 11.3. The molecule has 1 N–H and O–H groups in total. The third-order valence-electron chi connectivity index (χ3n) is 3.64. The average Bonchev–Trinajstić information content (AvgIpc) is 3.06. The van der Waals surface area contributed by atoms with Gasteiger partial charge >= 0.3 is 0 Å². The van der Waals surface area contributed by atoms with E-state index in [1.165, 1.54) is 11.3 Å². The number of hydrogen-bond acceptors (Lipinski definition) is 5. The molecule has 3 aromatic rings. The molecular formula is C16H20N4O2S2. The van der Waals surface area contributed by atoms with Gasteiger partial charge in [-0.25, -0.2) is 22.8 Å². The standard InChI is InChI=1S/C16H20N4O2S2/c1-10(2)9-17-24(21,22)15-11(3)19-20(12(15)4)16-18-13-7-5-6-8-14(13)23-16/h5-8,10,17H,9H2,1-4H3. The van der Waals surface area contributed by atoms with Crippen LogP contribution in [0.4, 0.5) is 0 Å². The normalized spacial score (nSPS) is 12.4. The Kier molecular flexibility index (Phi) is 4.46. The first-order valence-corrected chi connectivity index (χ1v) is 10.0. The van der Waals surface area contributed by atoms with E-state index in [4.69, 9.17) is 0 Å². The molecule has 0 aliphatic heterocycles. The van der Waals surface area contributed by atoms with Gasteiger partial charge in [-0.15, -0.1) is 0 Å². The Bertz CT molecular complexity index is 954. The van der Waals surface area contributed by atoms with E-state index in [2.05, 4.69) is 14.8 Å². The number of nitrogens with zero attached hydrogens (tertiary/aromatic N) is 3. The van der Waals surface area contributed by atoms with Crippen LogP contribution in [0.2, 0.25) is 0 Å². The molecule has 0 fully saturated rings. The summed E-state index contributed by atoms with van der Waals surface area (Å²) in [5.41, 5.74) is 1.93. The molecule has 3 rings (SSSR count). The Morgan fingerprint density at radius 2 is 1.96 bits per heavy atom. The van der Waals surface area contributed by atoms with Crippen molar-refractivity contribution in [2.24, 2.45) is 5.92 Å². The van der Waals surface area contributed by atoms with Crippen molar-refractivity contribution in [3.8, 4) is 5.13 Å². The van der Waals surface area contributed by atoms with Crippen molar-refractivity contribution in [3.05, 3.63) is 35.7 Å². The number of aromatic nitrogens is 3. The number of rotatable bonds is 5. The number of benzene rings is 1. The summed E-state index contributed by atoms with van der Waals surface area (Å²) in [5.74, 6) is 0.236. The Hall–Kier alpha value is -1.77. The van der Waals surface area contributed by atoms with Gasteiger partial charge < -0.3 is 0 Å². The van der Waals surface area contributed by atoms with Gasteiger partial charge in [0.2, 0.25) is 15.2 Å². The first-order valence-electron chi connectivity index (χ1n) is 7.71. The maximum atomic E-state index is 12.6. The van der Waals surface area contributed by atoms with E-state index >= 15 is 0 Å². The van der Waals surface area contributed by atoms with E-state index in [0.717, 1.165) is 10.2 Å². The molecule has 0 radical (unpaired) electrons. The van der Waals surface area contributed by atoms with E-state index in [1.54, 1.807) is 18.5 Å². The number of fused-ring (bicyclic) bond motifs is 1. The fourth-order valence-corrected chi connectivity index (χ4v) is 5.07. The van der Waals surface area contributed by atoms with Crippen LogP contribution in [0.5, 0.6) is 0 Å². The molecule has 24 heavy (non-hydrogen) atoms. The van der Waals surface area contributed by atoms with E-state index in [-0.39, 0.29) is 10.8 Å². The number of hydrogen-bond donors (Lipinski definition) is 1. The lowest BCUT2D eigenvalue weighted by Gasteiger charge is -2.09. The van der Waals surface area contributed by atoms with Gasteiger partial charge in [-0.1, -0.05) is 37.3 Å². The zero-order valence-corrected chi connectivity index (χ0v) is 15.7. The Labute approximate surface area is 145 Å². The summed E-state index contributed by atoms with van der Waals surface area (Å²) in [6.45, 7) is 7.80. The second kappa shape index (κ2) is 6.27. The molecule has 0 aliphatic carbocycles. The summed E-state index contributed by atoms with van der Waals surface area (Å²) in [7, 11) is -3.59. The van der Waals surface area contributed by atoms with Gasteiger partial charge in [-0.05, 0) is 31.9 Å². The molecule has 6 nitrogen and oxygen atoms in total. The van der Waals surface area contributed by atoms with Crippen molar-refractivity contribution < 1.29 is 8.42 Å². The Balaban J connectivity index is 2.06. The zero-order chi connectivity index (χ0) is 17.5. The van der Waals surface area contributed by atoms with Gasteiger partial charge in [0.15, 0.2) is 0 Å². The lowest BCUT2D eigenvalue weighted by atomic mass is 10.2.